The SMILES string of the molecule is Cc1cc(NC(=O)N2CCCO[C@H](C)C2)n(C2CCCCC2)n1. The van der Waals surface area contributed by atoms with Crippen LogP contribution in [-0.4, -0.2) is 46.5 Å². The summed E-state index contributed by atoms with van der Waals surface area (Å²) in [5.41, 5.74) is 0.957. The predicted octanol–water partition coefficient (Wildman–Crippen LogP) is 3.34. The van der Waals surface area contributed by atoms with Gasteiger partial charge in [0.2, 0.25) is 0 Å². The first-order valence-electron chi connectivity index (χ1n) is 8.87. The van der Waals surface area contributed by atoms with Gasteiger partial charge in [-0.05, 0) is 33.1 Å². The van der Waals surface area contributed by atoms with Crippen LogP contribution in [0.3, 0.4) is 0 Å². The van der Waals surface area contributed by atoms with Crippen molar-refractivity contribution in [2.75, 3.05) is 25.0 Å². The molecule has 1 aromatic heterocycles. The van der Waals surface area contributed by atoms with Gasteiger partial charge in [-0.2, -0.15) is 5.10 Å². The minimum atomic E-state index is -0.0423. The molecule has 0 aromatic carbocycles. The van der Waals surface area contributed by atoms with Crippen LogP contribution < -0.4 is 5.32 Å². The first kappa shape index (κ1) is 16.3. The van der Waals surface area contributed by atoms with E-state index in [-0.39, 0.29) is 12.1 Å². The van der Waals surface area contributed by atoms with E-state index in [4.69, 9.17) is 4.74 Å². The molecule has 0 unspecified atom stereocenters. The molecule has 2 aliphatic rings. The van der Waals surface area contributed by atoms with Gasteiger partial charge in [0.15, 0.2) is 0 Å². The Bertz CT molecular complexity index is 537. The monoisotopic (exact) mass is 320 g/mol. The molecule has 0 radical (unpaired) electrons. The Morgan fingerprint density at radius 3 is 2.87 bits per heavy atom. The lowest BCUT2D eigenvalue weighted by Gasteiger charge is -2.26. The Labute approximate surface area is 138 Å². The molecular weight excluding hydrogens is 292 g/mol. The largest absolute Gasteiger partial charge is 0.377 e. The van der Waals surface area contributed by atoms with Crippen LogP contribution >= 0.6 is 0 Å². The normalized spacial score (nSPS) is 23.6. The molecule has 1 atom stereocenters. The van der Waals surface area contributed by atoms with Gasteiger partial charge in [-0.1, -0.05) is 19.3 Å². The summed E-state index contributed by atoms with van der Waals surface area (Å²) in [6.07, 6.45) is 7.09. The van der Waals surface area contributed by atoms with E-state index in [1.165, 1.54) is 19.3 Å². The van der Waals surface area contributed by atoms with Crippen molar-refractivity contribution in [1.82, 2.24) is 14.7 Å². The number of aryl methyl sites for hydroxylation is 1. The molecule has 2 heterocycles. The zero-order chi connectivity index (χ0) is 16.2. The third-order valence-electron chi connectivity index (χ3n) is 4.75. The molecule has 1 aromatic rings. The highest BCUT2D eigenvalue weighted by atomic mass is 16.5. The van der Waals surface area contributed by atoms with Crippen molar-refractivity contribution in [2.24, 2.45) is 0 Å². The van der Waals surface area contributed by atoms with Crippen molar-refractivity contribution in [3.63, 3.8) is 0 Å². The van der Waals surface area contributed by atoms with E-state index in [1.807, 2.05) is 29.5 Å². The molecule has 1 saturated carbocycles. The van der Waals surface area contributed by atoms with Crippen LogP contribution in [-0.2, 0) is 4.74 Å². The molecule has 1 aliphatic heterocycles. The number of ether oxygens (including phenoxy) is 1. The fraction of sp³-hybridized carbons (Fsp3) is 0.765. The summed E-state index contributed by atoms with van der Waals surface area (Å²) < 4.78 is 7.65. The summed E-state index contributed by atoms with van der Waals surface area (Å²) in [7, 11) is 0. The third kappa shape index (κ3) is 4.05. The van der Waals surface area contributed by atoms with Crippen LogP contribution in [0.4, 0.5) is 10.6 Å². The van der Waals surface area contributed by atoms with Gasteiger partial charge >= 0.3 is 6.03 Å². The third-order valence-corrected chi connectivity index (χ3v) is 4.75. The number of carbonyl (C=O) groups is 1. The number of hydrogen-bond acceptors (Lipinski definition) is 3. The lowest BCUT2D eigenvalue weighted by molar-refractivity contribution is 0.0718. The number of nitrogens with zero attached hydrogens (tertiary/aromatic N) is 3. The zero-order valence-electron chi connectivity index (χ0n) is 14.3. The average molecular weight is 320 g/mol. The Hall–Kier alpha value is -1.56. The second-order valence-electron chi connectivity index (χ2n) is 6.82. The average Bonchev–Trinajstić information content (AvgIpc) is 2.77. The number of amides is 2. The maximum atomic E-state index is 12.6. The molecule has 2 amide bonds. The minimum Gasteiger partial charge on any atom is -0.377 e. The molecule has 0 bridgehead atoms. The Kier molecular flexibility index (Phi) is 5.20. The van der Waals surface area contributed by atoms with Crippen molar-refractivity contribution < 1.29 is 9.53 Å². The van der Waals surface area contributed by atoms with E-state index >= 15 is 0 Å². The summed E-state index contributed by atoms with van der Waals surface area (Å²) in [5, 5.41) is 7.70. The highest BCUT2D eigenvalue weighted by molar-refractivity contribution is 5.88. The van der Waals surface area contributed by atoms with Gasteiger partial charge in [-0.25, -0.2) is 9.48 Å². The number of rotatable bonds is 2. The number of urea groups is 1. The molecule has 128 valence electrons. The van der Waals surface area contributed by atoms with E-state index in [0.29, 0.717) is 12.6 Å². The number of aromatic nitrogens is 2. The van der Waals surface area contributed by atoms with Gasteiger partial charge in [-0.3, -0.25) is 5.32 Å². The Morgan fingerprint density at radius 2 is 2.09 bits per heavy atom. The van der Waals surface area contributed by atoms with Gasteiger partial charge in [0.25, 0.3) is 0 Å². The molecule has 3 rings (SSSR count). The first-order valence-corrected chi connectivity index (χ1v) is 8.87. The summed E-state index contributed by atoms with van der Waals surface area (Å²) in [4.78, 5) is 14.5. The van der Waals surface area contributed by atoms with Gasteiger partial charge in [0, 0.05) is 25.8 Å². The lowest BCUT2D eigenvalue weighted by Crippen LogP contribution is -2.39. The molecular formula is C17H28N4O2. The maximum absolute atomic E-state index is 12.6. The fourth-order valence-corrected chi connectivity index (χ4v) is 3.58. The van der Waals surface area contributed by atoms with E-state index in [0.717, 1.165) is 43.9 Å². The van der Waals surface area contributed by atoms with Crippen LogP contribution in [0.25, 0.3) is 0 Å². The van der Waals surface area contributed by atoms with E-state index in [9.17, 15) is 4.79 Å². The maximum Gasteiger partial charge on any atom is 0.323 e. The van der Waals surface area contributed by atoms with Crippen LogP contribution in [0.15, 0.2) is 6.07 Å². The number of anilines is 1. The van der Waals surface area contributed by atoms with E-state index < -0.39 is 0 Å². The second kappa shape index (κ2) is 7.34. The quantitative estimate of drug-likeness (QED) is 0.909. The minimum absolute atomic E-state index is 0.0423. The van der Waals surface area contributed by atoms with Crippen LogP contribution in [0.5, 0.6) is 0 Å². The van der Waals surface area contributed by atoms with Crippen LogP contribution in [0.1, 0.15) is 57.2 Å². The van der Waals surface area contributed by atoms with Crippen molar-refractivity contribution in [2.45, 2.75) is 64.5 Å². The van der Waals surface area contributed by atoms with Gasteiger partial charge in [-0.15, -0.1) is 0 Å². The van der Waals surface area contributed by atoms with E-state index in [2.05, 4.69) is 10.4 Å². The van der Waals surface area contributed by atoms with Gasteiger partial charge in [0.1, 0.15) is 5.82 Å². The molecule has 6 heteroatoms. The number of carbonyl (C=O) groups excluding carboxylic acids is 1. The van der Waals surface area contributed by atoms with Crippen LogP contribution in [0.2, 0.25) is 0 Å². The molecule has 1 saturated heterocycles. The topological polar surface area (TPSA) is 59.4 Å². The smallest absolute Gasteiger partial charge is 0.323 e. The molecule has 1 N–H and O–H groups in total. The molecule has 0 spiro atoms. The Balaban J connectivity index is 1.70. The summed E-state index contributed by atoms with van der Waals surface area (Å²) in [6, 6.07) is 2.35. The standard InChI is InChI=1S/C17H28N4O2/c1-13-11-16(21(19-13)15-7-4-3-5-8-15)18-17(22)20-9-6-10-23-14(2)12-20/h11,14-15H,3-10,12H2,1-2H3,(H,18,22)/t14-/m1/s1. The van der Waals surface area contributed by atoms with Crippen molar-refractivity contribution in [3.05, 3.63) is 11.8 Å². The fourth-order valence-electron chi connectivity index (χ4n) is 3.58. The molecule has 23 heavy (non-hydrogen) atoms. The first-order chi connectivity index (χ1) is 11.1. The van der Waals surface area contributed by atoms with Crippen molar-refractivity contribution in [1.29, 1.82) is 0 Å². The van der Waals surface area contributed by atoms with Gasteiger partial charge in [0.05, 0.1) is 17.8 Å². The highest BCUT2D eigenvalue weighted by Gasteiger charge is 2.23. The summed E-state index contributed by atoms with van der Waals surface area (Å²) in [6.45, 7) is 6.11. The number of nitrogens with one attached hydrogen (secondary N) is 1. The highest BCUT2D eigenvalue weighted by Crippen LogP contribution is 2.30. The van der Waals surface area contributed by atoms with Crippen LogP contribution in [0, 0.1) is 6.92 Å². The second-order valence-corrected chi connectivity index (χ2v) is 6.82. The summed E-state index contributed by atoms with van der Waals surface area (Å²) >= 11 is 0. The Morgan fingerprint density at radius 1 is 1.30 bits per heavy atom. The van der Waals surface area contributed by atoms with Crippen molar-refractivity contribution >= 4 is 11.8 Å². The predicted molar refractivity (Wildman–Crippen MR) is 89.7 cm³/mol. The molecule has 2 fully saturated rings. The summed E-state index contributed by atoms with van der Waals surface area (Å²) in [5.74, 6) is 0.831. The zero-order valence-corrected chi connectivity index (χ0v) is 14.3. The molecule has 1 aliphatic carbocycles. The lowest BCUT2D eigenvalue weighted by atomic mass is 9.96. The molecule has 6 nitrogen and oxygen atoms in total. The number of hydrogen-bond donors (Lipinski definition) is 1. The van der Waals surface area contributed by atoms with Gasteiger partial charge < -0.3 is 9.64 Å². The van der Waals surface area contributed by atoms with Crippen molar-refractivity contribution in [3.8, 4) is 0 Å². The van der Waals surface area contributed by atoms with E-state index in [1.54, 1.807) is 0 Å².